The van der Waals surface area contributed by atoms with Crippen molar-refractivity contribution in [1.29, 1.82) is 0 Å². The molecule has 0 saturated carbocycles. The molecule has 122 valence electrons. The molecule has 0 saturated heterocycles. The Kier molecular flexibility index (Phi) is 5.01. The first-order valence-corrected chi connectivity index (χ1v) is 7.93. The van der Waals surface area contributed by atoms with Crippen LogP contribution in [-0.2, 0) is 0 Å². The fourth-order valence-corrected chi connectivity index (χ4v) is 2.32. The summed E-state index contributed by atoms with van der Waals surface area (Å²) in [6.45, 7) is 5.09. The number of hydrogen-bond acceptors (Lipinski definition) is 5. The minimum absolute atomic E-state index is 0.605. The van der Waals surface area contributed by atoms with Crippen molar-refractivity contribution in [1.82, 2.24) is 15.0 Å². The molecule has 5 nitrogen and oxygen atoms in total. The van der Waals surface area contributed by atoms with Gasteiger partial charge in [0.15, 0.2) is 0 Å². The van der Waals surface area contributed by atoms with Crippen LogP contribution < -0.4 is 9.47 Å². The Balaban J connectivity index is 1.85. The van der Waals surface area contributed by atoms with E-state index in [1.165, 1.54) is 0 Å². The van der Waals surface area contributed by atoms with Gasteiger partial charge in [-0.3, -0.25) is 4.98 Å². The number of ether oxygens (including phenoxy) is 2. The molecular formula is C19H19N3O2. The summed E-state index contributed by atoms with van der Waals surface area (Å²) in [6, 6.07) is 9.76. The highest BCUT2D eigenvalue weighted by molar-refractivity contribution is 5.71. The van der Waals surface area contributed by atoms with Crippen molar-refractivity contribution >= 4 is 0 Å². The van der Waals surface area contributed by atoms with Gasteiger partial charge in [0.05, 0.1) is 13.2 Å². The van der Waals surface area contributed by atoms with E-state index in [4.69, 9.17) is 9.47 Å². The molecule has 0 bridgehead atoms. The van der Waals surface area contributed by atoms with Gasteiger partial charge in [0.1, 0.15) is 0 Å². The van der Waals surface area contributed by atoms with E-state index in [1.807, 2.05) is 50.5 Å². The monoisotopic (exact) mass is 321 g/mol. The molecule has 3 rings (SSSR count). The van der Waals surface area contributed by atoms with Gasteiger partial charge in [-0.15, -0.1) is 0 Å². The molecule has 3 heterocycles. The van der Waals surface area contributed by atoms with E-state index in [-0.39, 0.29) is 0 Å². The summed E-state index contributed by atoms with van der Waals surface area (Å²) in [5.74, 6) is 1.25. The highest BCUT2D eigenvalue weighted by atomic mass is 16.5. The second kappa shape index (κ2) is 7.55. The largest absolute Gasteiger partial charge is 0.478 e. The van der Waals surface area contributed by atoms with E-state index in [0.29, 0.717) is 25.0 Å². The zero-order chi connectivity index (χ0) is 16.8. The van der Waals surface area contributed by atoms with Crippen LogP contribution in [-0.4, -0.2) is 28.2 Å². The smallest absolute Gasteiger partial charge is 0.213 e. The molecule has 0 radical (unpaired) electrons. The number of rotatable bonds is 6. The van der Waals surface area contributed by atoms with Crippen LogP contribution in [0.5, 0.6) is 11.8 Å². The van der Waals surface area contributed by atoms with Gasteiger partial charge < -0.3 is 9.47 Å². The van der Waals surface area contributed by atoms with E-state index in [2.05, 4.69) is 21.0 Å². The average Bonchev–Trinajstić information content (AvgIpc) is 2.64. The maximum absolute atomic E-state index is 5.37. The standard InChI is InChI=1S/C19H19N3O2/c1-3-23-18-7-5-14(12-21-18)16-9-17(11-20-10-16)15-6-8-19(22-13-15)24-4-2/h5-13H,3-4H2,1-2H3. The third kappa shape index (κ3) is 3.68. The van der Waals surface area contributed by atoms with E-state index in [1.54, 1.807) is 12.4 Å². The summed E-state index contributed by atoms with van der Waals surface area (Å²) in [5.41, 5.74) is 3.98. The van der Waals surface area contributed by atoms with E-state index >= 15 is 0 Å². The summed E-state index contributed by atoms with van der Waals surface area (Å²) < 4.78 is 10.7. The van der Waals surface area contributed by atoms with Crippen LogP contribution in [0.1, 0.15) is 13.8 Å². The molecule has 0 aromatic carbocycles. The molecule has 0 spiro atoms. The van der Waals surface area contributed by atoms with Gasteiger partial charge in [0, 0.05) is 59.2 Å². The first kappa shape index (κ1) is 15.9. The average molecular weight is 321 g/mol. The molecular weight excluding hydrogens is 302 g/mol. The van der Waals surface area contributed by atoms with Crippen molar-refractivity contribution < 1.29 is 9.47 Å². The van der Waals surface area contributed by atoms with E-state index < -0.39 is 0 Å². The van der Waals surface area contributed by atoms with Crippen LogP contribution in [0.4, 0.5) is 0 Å². The van der Waals surface area contributed by atoms with E-state index in [0.717, 1.165) is 22.3 Å². The number of pyridine rings is 3. The van der Waals surface area contributed by atoms with Crippen LogP contribution in [0.2, 0.25) is 0 Å². The number of aromatic nitrogens is 3. The first-order valence-electron chi connectivity index (χ1n) is 7.93. The quantitative estimate of drug-likeness (QED) is 0.687. The van der Waals surface area contributed by atoms with Crippen molar-refractivity contribution in [2.75, 3.05) is 13.2 Å². The Hall–Kier alpha value is -2.95. The van der Waals surface area contributed by atoms with Crippen LogP contribution >= 0.6 is 0 Å². The van der Waals surface area contributed by atoms with Crippen molar-refractivity contribution in [2.24, 2.45) is 0 Å². The molecule has 0 N–H and O–H groups in total. The summed E-state index contributed by atoms with van der Waals surface area (Å²) in [6.07, 6.45) is 7.23. The highest BCUT2D eigenvalue weighted by Gasteiger charge is 2.05. The summed E-state index contributed by atoms with van der Waals surface area (Å²) in [5, 5.41) is 0. The maximum atomic E-state index is 5.37. The molecule has 0 aliphatic rings. The molecule has 0 atom stereocenters. The van der Waals surface area contributed by atoms with Gasteiger partial charge >= 0.3 is 0 Å². The van der Waals surface area contributed by atoms with Crippen molar-refractivity contribution in [3.05, 3.63) is 55.1 Å². The van der Waals surface area contributed by atoms with Gasteiger partial charge in [0.25, 0.3) is 0 Å². The first-order chi connectivity index (χ1) is 11.8. The molecule has 5 heteroatoms. The lowest BCUT2D eigenvalue weighted by molar-refractivity contribution is 0.327. The second-order valence-corrected chi connectivity index (χ2v) is 5.10. The predicted molar refractivity (Wildman–Crippen MR) is 93.0 cm³/mol. The Bertz CT molecular complexity index is 722. The van der Waals surface area contributed by atoms with Crippen molar-refractivity contribution in [3.63, 3.8) is 0 Å². The fraction of sp³-hybridized carbons (Fsp3) is 0.211. The predicted octanol–water partition coefficient (Wildman–Crippen LogP) is 4.00. The van der Waals surface area contributed by atoms with Crippen LogP contribution in [0.3, 0.4) is 0 Å². The third-order valence-corrected chi connectivity index (χ3v) is 3.46. The normalized spacial score (nSPS) is 10.4. The maximum Gasteiger partial charge on any atom is 0.213 e. The lowest BCUT2D eigenvalue weighted by atomic mass is 10.0. The minimum Gasteiger partial charge on any atom is -0.478 e. The van der Waals surface area contributed by atoms with Crippen molar-refractivity contribution in [3.8, 4) is 34.0 Å². The van der Waals surface area contributed by atoms with Crippen LogP contribution in [0, 0.1) is 0 Å². The summed E-state index contributed by atoms with van der Waals surface area (Å²) in [7, 11) is 0. The molecule has 0 fully saturated rings. The third-order valence-electron chi connectivity index (χ3n) is 3.46. The Labute approximate surface area is 141 Å². The van der Waals surface area contributed by atoms with Gasteiger partial charge in [-0.25, -0.2) is 9.97 Å². The highest BCUT2D eigenvalue weighted by Crippen LogP contribution is 2.26. The molecule has 24 heavy (non-hydrogen) atoms. The van der Waals surface area contributed by atoms with Gasteiger partial charge in [0.2, 0.25) is 11.8 Å². The lowest BCUT2D eigenvalue weighted by Gasteiger charge is -2.07. The zero-order valence-corrected chi connectivity index (χ0v) is 13.8. The Morgan fingerprint density at radius 2 is 1.17 bits per heavy atom. The number of hydrogen-bond donors (Lipinski definition) is 0. The topological polar surface area (TPSA) is 57.1 Å². The molecule has 0 unspecified atom stereocenters. The lowest BCUT2D eigenvalue weighted by Crippen LogP contribution is -1.94. The molecule has 3 aromatic rings. The molecule has 0 aliphatic carbocycles. The number of nitrogens with zero attached hydrogens (tertiary/aromatic N) is 3. The van der Waals surface area contributed by atoms with Crippen molar-refractivity contribution in [2.45, 2.75) is 13.8 Å². The SMILES string of the molecule is CCOc1ccc(-c2cncc(-c3ccc(OCC)nc3)c2)cn1. The summed E-state index contributed by atoms with van der Waals surface area (Å²) >= 11 is 0. The molecule has 0 amide bonds. The fourth-order valence-electron chi connectivity index (χ4n) is 2.32. The zero-order valence-electron chi connectivity index (χ0n) is 13.8. The van der Waals surface area contributed by atoms with Gasteiger partial charge in [-0.2, -0.15) is 0 Å². The molecule has 3 aromatic heterocycles. The van der Waals surface area contributed by atoms with Gasteiger partial charge in [-0.1, -0.05) is 0 Å². The van der Waals surface area contributed by atoms with Crippen LogP contribution in [0.25, 0.3) is 22.3 Å². The second-order valence-electron chi connectivity index (χ2n) is 5.10. The van der Waals surface area contributed by atoms with Gasteiger partial charge in [-0.05, 0) is 32.0 Å². The summed E-state index contributed by atoms with van der Waals surface area (Å²) in [4.78, 5) is 12.9. The van der Waals surface area contributed by atoms with Crippen LogP contribution in [0.15, 0.2) is 55.1 Å². The minimum atomic E-state index is 0.605. The van der Waals surface area contributed by atoms with E-state index in [9.17, 15) is 0 Å². The Morgan fingerprint density at radius 1 is 0.667 bits per heavy atom. The molecule has 0 aliphatic heterocycles. The Morgan fingerprint density at radius 3 is 1.54 bits per heavy atom.